The van der Waals surface area contributed by atoms with Gasteiger partial charge in [-0.25, -0.2) is 0 Å². The van der Waals surface area contributed by atoms with Crippen molar-refractivity contribution in [2.75, 3.05) is 0 Å². The quantitative estimate of drug-likeness (QED) is 0.913. The number of hydrogen-bond donors (Lipinski definition) is 2. The van der Waals surface area contributed by atoms with Crippen LogP contribution in [0.3, 0.4) is 0 Å². The van der Waals surface area contributed by atoms with Crippen LogP contribution in [0, 0.1) is 11.8 Å². The van der Waals surface area contributed by atoms with E-state index in [4.69, 9.17) is 5.73 Å². The average molecular weight is 311 g/mol. The number of H-pyrrole nitrogens is 1. The molecule has 2 fully saturated rings. The first-order chi connectivity index (χ1) is 11.1. The molecule has 2 aliphatic carbocycles. The third-order valence-corrected chi connectivity index (χ3v) is 5.73. The van der Waals surface area contributed by atoms with Gasteiger partial charge >= 0.3 is 0 Å². The molecule has 2 heterocycles. The summed E-state index contributed by atoms with van der Waals surface area (Å²) in [6, 6.07) is 3.38. The molecular weight excluding hydrogens is 290 g/mol. The van der Waals surface area contributed by atoms with Crippen molar-refractivity contribution < 1.29 is 4.79 Å². The molecule has 0 saturated heterocycles. The van der Waals surface area contributed by atoms with E-state index in [0.717, 1.165) is 24.0 Å². The van der Waals surface area contributed by atoms with Crippen molar-refractivity contribution in [1.82, 2.24) is 9.97 Å². The van der Waals surface area contributed by atoms with Crippen molar-refractivity contribution in [2.45, 2.75) is 44.4 Å². The standard InChI is InChI=1S/C18H21N3O2/c19-18(23)17-16-13(6-7-20-17)21-14(9-15(16)22)12-5-4-11(8-12)10-2-1-3-10/h6-7,9-12H,1-5,8H2,(H2,19,23)(H,21,22)/t11?,12-/m0/s1. The van der Waals surface area contributed by atoms with Gasteiger partial charge in [0.05, 0.1) is 10.9 Å². The number of rotatable bonds is 3. The molecule has 0 aliphatic heterocycles. The number of aromatic amines is 1. The van der Waals surface area contributed by atoms with Crippen LogP contribution >= 0.6 is 0 Å². The topological polar surface area (TPSA) is 88.8 Å². The summed E-state index contributed by atoms with van der Waals surface area (Å²) in [6.45, 7) is 0. The van der Waals surface area contributed by atoms with E-state index in [1.807, 2.05) is 0 Å². The number of pyridine rings is 2. The maximum Gasteiger partial charge on any atom is 0.268 e. The Hall–Kier alpha value is -2.17. The Morgan fingerprint density at radius 3 is 2.74 bits per heavy atom. The van der Waals surface area contributed by atoms with Crippen LogP contribution in [-0.4, -0.2) is 15.9 Å². The molecule has 2 aliphatic rings. The van der Waals surface area contributed by atoms with E-state index in [1.165, 1.54) is 38.3 Å². The van der Waals surface area contributed by atoms with E-state index in [9.17, 15) is 9.59 Å². The molecule has 1 amide bonds. The molecule has 5 heteroatoms. The predicted octanol–water partition coefficient (Wildman–Crippen LogP) is 2.71. The highest BCUT2D eigenvalue weighted by molar-refractivity contribution is 6.03. The summed E-state index contributed by atoms with van der Waals surface area (Å²) in [5, 5.41) is 0.303. The molecular formula is C18H21N3O2. The maximum atomic E-state index is 12.5. The average Bonchev–Trinajstić information content (AvgIpc) is 2.94. The third kappa shape index (κ3) is 2.44. The third-order valence-electron chi connectivity index (χ3n) is 5.73. The smallest absolute Gasteiger partial charge is 0.268 e. The molecule has 2 aromatic rings. The second-order valence-corrected chi connectivity index (χ2v) is 7.00. The number of aromatic nitrogens is 2. The summed E-state index contributed by atoms with van der Waals surface area (Å²) in [7, 11) is 0. The number of carbonyl (C=O) groups is 1. The molecule has 0 bridgehead atoms. The van der Waals surface area contributed by atoms with Crippen LogP contribution in [0.5, 0.6) is 0 Å². The van der Waals surface area contributed by atoms with Crippen LogP contribution in [0.2, 0.25) is 0 Å². The number of carbonyl (C=O) groups excluding carboxylic acids is 1. The number of primary amides is 1. The van der Waals surface area contributed by atoms with Crippen molar-refractivity contribution in [2.24, 2.45) is 17.6 Å². The zero-order valence-electron chi connectivity index (χ0n) is 13.0. The first kappa shape index (κ1) is 14.4. The summed E-state index contributed by atoms with van der Waals surface area (Å²) in [4.78, 5) is 31.3. The molecule has 3 N–H and O–H groups in total. The lowest BCUT2D eigenvalue weighted by atomic mass is 9.75. The molecule has 0 radical (unpaired) electrons. The number of amides is 1. The van der Waals surface area contributed by atoms with E-state index in [1.54, 1.807) is 12.1 Å². The van der Waals surface area contributed by atoms with Gasteiger partial charge in [0.1, 0.15) is 5.69 Å². The van der Waals surface area contributed by atoms with Gasteiger partial charge in [-0.15, -0.1) is 0 Å². The van der Waals surface area contributed by atoms with E-state index < -0.39 is 5.91 Å². The van der Waals surface area contributed by atoms with Crippen LogP contribution in [0.1, 0.15) is 60.6 Å². The SMILES string of the molecule is NC(=O)c1nccc2[nH]c([C@H]3CCC(C4CCC4)C3)cc(=O)c12. The number of hydrogen-bond acceptors (Lipinski definition) is 3. The van der Waals surface area contributed by atoms with Gasteiger partial charge in [-0.3, -0.25) is 14.6 Å². The molecule has 5 nitrogen and oxygen atoms in total. The molecule has 120 valence electrons. The van der Waals surface area contributed by atoms with Crippen molar-refractivity contribution in [1.29, 1.82) is 0 Å². The van der Waals surface area contributed by atoms with Crippen LogP contribution in [-0.2, 0) is 0 Å². The lowest BCUT2D eigenvalue weighted by Gasteiger charge is -2.31. The monoisotopic (exact) mass is 311 g/mol. The summed E-state index contributed by atoms with van der Waals surface area (Å²) in [6.07, 6.45) is 9.21. The van der Waals surface area contributed by atoms with Gasteiger partial charge < -0.3 is 10.7 Å². The van der Waals surface area contributed by atoms with Crippen LogP contribution in [0.25, 0.3) is 10.9 Å². The van der Waals surface area contributed by atoms with Crippen LogP contribution in [0.15, 0.2) is 23.1 Å². The van der Waals surface area contributed by atoms with Crippen molar-refractivity contribution in [3.8, 4) is 0 Å². The van der Waals surface area contributed by atoms with Gasteiger partial charge in [0.15, 0.2) is 5.43 Å². The first-order valence-corrected chi connectivity index (χ1v) is 8.45. The molecule has 0 aromatic carbocycles. The van der Waals surface area contributed by atoms with E-state index in [-0.39, 0.29) is 11.1 Å². The van der Waals surface area contributed by atoms with Gasteiger partial charge in [-0.05, 0) is 43.1 Å². The minimum absolute atomic E-state index is 0.0501. The zero-order valence-corrected chi connectivity index (χ0v) is 13.0. The Morgan fingerprint density at radius 1 is 1.22 bits per heavy atom. The Bertz CT molecular complexity index is 823. The largest absolute Gasteiger partial charge is 0.364 e. The Labute approximate surface area is 134 Å². The number of nitrogens with zero attached hydrogens (tertiary/aromatic N) is 1. The fourth-order valence-electron chi connectivity index (χ4n) is 4.27. The predicted molar refractivity (Wildman–Crippen MR) is 88.3 cm³/mol. The Kier molecular flexibility index (Phi) is 3.43. The molecule has 2 aromatic heterocycles. The number of fused-ring (bicyclic) bond motifs is 1. The van der Waals surface area contributed by atoms with Gasteiger partial charge in [0.2, 0.25) is 0 Å². The summed E-state index contributed by atoms with van der Waals surface area (Å²) >= 11 is 0. The first-order valence-electron chi connectivity index (χ1n) is 8.45. The van der Waals surface area contributed by atoms with Crippen molar-refractivity contribution in [3.05, 3.63) is 39.9 Å². The highest BCUT2D eigenvalue weighted by Crippen LogP contribution is 2.47. The maximum absolute atomic E-state index is 12.5. The highest BCUT2D eigenvalue weighted by atomic mass is 16.1. The zero-order chi connectivity index (χ0) is 16.0. The second-order valence-electron chi connectivity index (χ2n) is 7.00. The minimum Gasteiger partial charge on any atom is -0.364 e. The molecule has 2 atom stereocenters. The Morgan fingerprint density at radius 2 is 2.04 bits per heavy atom. The summed E-state index contributed by atoms with van der Waals surface area (Å²) < 4.78 is 0. The van der Waals surface area contributed by atoms with Gasteiger partial charge in [0.25, 0.3) is 5.91 Å². The normalized spacial score (nSPS) is 24.7. The molecule has 2 saturated carbocycles. The molecule has 0 spiro atoms. The lowest BCUT2D eigenvalue weighted by molar-refractivity contribution is 0.0997. The molecule has 4 rings (SSSR count). The summed E-state index contributed by atoms with van der Waals surface area (Å²) in [5.41, 5.74) is 6.86. The molecule has 23 heavy (non-hydrogen) atoms. The number of nitrogens with two attached hydrogens (primary N) is 1. The van der Waals surface area contributed by atoms with E-state index in [2.05, 4.69) is 9.97 Å². The Balaban J connectivity index is 1.69. The highest BCUT2D eigenvalue weighted by Gasteiger charge is 2.34. The van der Waals surface area contributed by atoms with Crippen LogP contribution in [0.4, 0.5) is 0 Å². The van der Waals surface area contributed by atoms with Crippen LogP contribution < -0.4 is 11.2 Å². The van der Waals surface area contributed by atoms with Crippen molar-refractivity contribution in [3.63, 3.8) is 0 Å². The van der Waals surface area contributed by atoms with Crippen molar-refractivity contribution >= 4 is 16.8 Å². The minimum atomic E-state index is -0.667. The second kappa shape index (κ2) is 5.48. The van der Waals surface area contributed by atoms with E-state index >= 15 is 0 Å². The van der Waals surface area contributed by atoms with Gasteiger partial charge in [-0.1, -0.05) is 19.3 Å². The van der Waals surface area contributed by atoms with E-state index in [0.29, 0.717) is 16.8 Å². The number of nitrogens with one attached hydrogen (secondary N) is 1. The lowest BCUT2D eigenvalue weighted by Crippen LogP contribution is -2.20. The fraction of sp³-hybridized carbons (Fsp3) is 0.500. The van der Waals surface area contributed by atoms with Gasteiger partial charge in [0, 0.05) is 18.0 Å². The fourth-order valence-corrected chi connectivity index (χ4v) is 4.27. The summed E-state index contributed by atoms with van der Waals surface area (Å²) in [5.74, 6) is 1.46. The molecule has 1 unspecified atom stereocenters. The van der Waals surface area contributed by atoms with Gasteiger partial charge in [-0.2, -0.15) is 0 Å².